The summed E-state index contributed by atoms with van der Waals surface area (Å²) in [6.45, 7) is 1.76. The molecular formula is C11H17N5O2. The molecular weight excluding hydrogens is 234 g/mol. The molecule has 1 aromatic heterocycles. The Morgan fingerprint density at radius 2 is 2.39 bits per heavy atom. The Bertz CT molecular complexity index is 438. The molecule has 1 amide bonds. The molecule has 2 aliphatic rings. The van der Waals surface area contributed by atoms with Crippen LogP contribution in [0, 0.1) is 5.92 Å². The van der Waals surface area contributed by atoms with E-state index in [1.165, 1.54) is 0 Å². The molecule has 7 nitrogen and oxygen atoms in total. The fourth-order valence-corrected chi connectivity index (χ4v) is 2.13. The molecule has 2 heterocycles. The van der Waals surface area contributed by atoms with Gasteiger partial charge in [0.25, 0.3) is 5.91 Å². The van der Waals surface area contributed by atoms with Gasteiger partial charge in [0, 0.05) is 19.2 Å². The molecule has 0 bridgehead atoms. The van der Waals surface area contributed by atoms with Gasteiger partial charge in [-0.2, -0.15) is 5.10 Å². The number of amides is 1. The van der Waals surface area contributed by atoms with Gasteiger partial charge in [0.15, 0.2) is 6.10 Å². The number of aromatic nitrogens is 2. The van der Waals surface area contributed by atoms with E-state index in [1.54, 1.807) is 12.3 Å². The van der Waals surface area contributed by atoms with Gasteiger partial charge >= 0.3 is 0 Å². The first-order chi connectivity index (χ1) is 8.79. The van der Waals surface area contributed by atoms with Crippen molar-refractivity contribution in [1.82, 2.24) is 15.1 Å². The van der Waals surface area contributed by atoms with E-state index in [4.69, 9.17) is 10.7 Å². The van der Waals surface area contributed by atoms with Gasteiger partial charge in [0.1, 0.15) is 5.82 Å². The third-order valence-electron chi connectivity index (χ3n) is 3.48. The van der Waals surface area contributed by atoms with E-state index >= 15 is 0 Å². The van der Waals surface area contributed by atoms with Crippen LogP contribution in [-0.4, -0.2) is 34.9 Å². The van der Waals surface area contributed by atoms with Crippen LogP contribution in [0.3, 0.4) is 0 Å². The van der Waals surface area contributed by atoms with E-state index < -0.39 is 6.10 Å². The zero-order valence-corrected chi connectivity index (χ0v) is 10.0. The summed E-state index contributed by atoms with van der Waals surface area (Å²) in [6, 6.07) is 2.10. The first kappa shape index (κ1) is 11.6. The summed E-state index contributed by atoms with van der Waals surface area (Å²) in [5.41, 5.74) is 0. The zero-order valence-electron chi connectivity index (χ0n) is 10.0. The van der Waals surface area contributed by atoms with Gasteiger partial charge in [-0.05, 0) is 18.8 Å². The molecule has 1 atom stereocenters. The molecule has 1 aliphatic heterocycles. The van der Waals surface area contributed by atoms with Crippen molar-refractivity contribution in [3.8, 4) is 0 Å². The van der Waals surface area contributed by atoms with E-state index in [1.807, 2.05) is 4.68 Å². The minimum atomic E-state index is -0.548. The number of nitrogens with one attached hydrogen (secondary N) is 2. The quantitative estimate of drug-likeness (QED) is 0.621. The van der Waals surface area contributed by atoms with Gasteiger partial charge in [-0.15, -0.1) is 0 Å². The lowest BCUT2D eigenvalue weighted by Crippen LogP contribution is -2.44. The van der Waals surface area contributed by atoms with Crippen molar-refractivity contribution in [3.05, 3.63) is 12.3 Å². The SMILES string of the molecule is NOC(C(=O)Nc1ccnn1C1CNC1)C1CC1. The number of nitrogens with two attached hydrogens (primary N) is 1. The maximum Gasteiger partial charge on any atom is 0.257 e. The molecule has 1 saturated carbocycles. The molecule has 18 heavy (non-hydrogen) atoms. The number of nitrogens with zero attached hydrogens (tertiary/aromatic N) is 2. The summed E-state index contributed by atoms with van der Waals surface area (Å²) in [6.07, 6.45) is 3.14. The van der Waals surface area contributed by atoms with Gasteiger partial charge in [0.2, 0.25) is 0 Å². The van der Waals surface area contributed by atoms with Crippen LogP contribution in [0.2, 0.25) is 0 Å². The second-order valence-corrected chi connectivity index (χ2v) is 4.86. The van der Waals surface area contributed by atoms with Crippen LogP contribution in [0.1, 0.15) is 18.9 Å². The number of carbonyl (C=O) groups excluding carboxylic acids is 1. The number of hydrogen-bond donors (Lipinski definition) is 3. The topological polar surface area (TPSA) is 94.2 Å². The predicted octanol–water partition coefficient (Wildman–Crippen LogP) is -0.365. The number of rotatable bonds is 5. The Morgan fingerprint density at radius 3 is 2.94 bits per heavy atom. The summed E-state index contributed by atoms with van der Waals surface area (Å²) >= 11 is 0. The molecule has 4 N–H and O–H groups in total. The first-order valence-electron chi connectivity index (χ1n) is 6.20. The van der Waals surface area contributed by atoms with E-state index in [-0.39, 0.29) is 11.8 Å². The Kier molecular flexibility index (Phi) is 3.02. The van der Waals surface area contributed by atoms with Crippen molar-refractivity contribution < 1.29 is 9.63 Å². The minimum Gasteiger partial charge on any atom is -0.312 e. The number of carbonyl (C=O) groups is 1. The predicted molar refractivity (Wildman–Crippen MR) is 64.5 cm³/mol. The van der Waals surface area contributed by atoms with Crippen molar-refractivity contribution in [2.24, 2.45) is 11.8 Å². The second-order valence-electron chi connectivity index (χ2n) is 4.86. The fraction of sp³-hybridized carbons (Fsp3) is 0.636. The summed E-state index contributed by atoms with van der Waals surface area (Å²) in [7, 11) is 0. The summed E-state index contributed by atoms with van der Waals surface area (Å²) in [5, 5.41) is 10.2. The summed E-state index contributed by atoms with van der Waals surface area (Å²) in [5.74, 6) is 5.96. The van der Waals surface area contributed by atoms with Gasteiger partial charge in [-0.1, -0.05) is 0 Å². The van der Waals surface area contributed by atoms with Crippen LogP contribution < -0.4 is 16.5 Å². The van der Waals surface area contributed by atoms with Crippen molar-refractivity contribution in [2.45, 2.75) is 25.0 Å². The molecule has 1 aromatic rings. The van der Waals surface area contributed by atoms with Gasteiger partial charge in [0.05, 0.1) is 12.2 Å². The second kappa shape index (κ2) is 4.68. The maximum atomic E-state index is 12.0. The molecule has 98 valence electrons. The minimum absolute atomic E-state index is 0.186. The summed E-state index contributed by atoms with van der Waals surface area (Å²) < 4.78 is 1.83. The molecule has 7 heteroatoms. The van der Waals surface area contributed by atoms with Crippen LogP contribution in [0.4, 0.5) is 5.82 Å². The first-order valence-corrected chi connectivity index (χ1v) is 6.20. The smallest absolute Gasteiger partial charge is 0.257 e. The van der Waals surface area contributed by atoms with Crippen molar-refractivity contribution in [1.29, 1.82) is 0 Å². The molecule has 1 saturated heterocycles. The molecule has 1 aliphatic carbocycles. The highest BCUT2D eigenvalue weighted by atomic mass is 16.6. The fourth-order valence-electron chi connectivity index (χ4n) is 2.13. The van der Waals surface area contributed by atoms with E-state index in [9.17, 15) is 4.79 Å². The third kappa shape index (κ3) is 2.12. The molecule has 0 radical (unpaired) electrons. The van der Waals surface area contributed by atoms with Gasteiger partial charge in [-0.25, -0.2) is 10.6 Å². The van der Waals surface area contributed by atoms with Crippen molar-refractivity contribution in [2.75, 3.05) is 18.4 Å². The molecule has 3 rings (SSSR count). The van der Waals surface area contributed by atoms with E-state index in [0.29, 0.717) is 11.9 Å². The van der Waals surface area contributed by atoms with Crippen LogP contribution in [0.25, 0.3) is 0 Å². The lowest BCUT2D eigenvalue weighted by Gasteiger charge is -2.29. The highest BCUT2D eigenvalue weighted by Crippen LogP contribution is 2.34. The Morgan fingerprint density at radius 1 is 1.61 bits per heavy atom. The molecule has 0 spiro atoms. The van der Waals surface area contributed by atoms with Crippen LogP contribution >= 0.6 is 0 Å². The average molecular weight is 251 g/mol. The van der Waals surface area contributed by atoms with E-state index in [0.717, 1.165) is 25.9 Å². The van der Waals surface area contributed by atoms with Crippen LogP contribution in [-0.2, 0) is 9.63 Å². The van der Waals surface area contributed by atoms with Gasteiger partial charge in [-0.3, -0.25) is 9.63 Å². The summed E-state index contributed by atoms with van der Waals surface area (Å²) in [4.78, 5) is 16.8. The molecule has 0 aromatic carbocycles. The normalized spacial score (nSPS) is 21.4. The number of anilines is 1. The largest absolute Gasteiger partial charge is 0.312 e. The molecule has 2 fully saturated rings. The van der Waals surface area contributed by atoms with Gasteiger partial charge < -0.3 is 10.6 Å². The Balaban J connectivity index is 1.67. The maximum absolute atomic E-state index is 12.0. The molecule has 1 unspecified atom stereocenters. The Labute approximate surface area is 105 Å². The lowest BCUT2D eigenvalue weighted by atomic mass is 10.2. The monoisotopic (exact) mass is 251 g/mol. The van der Waals surface area contributed by atoms with Crippen LogP contribution in [0.15, 0.2) is 12.3 Å². The lowest BCUT2D eigenvalue weighted by molar-refractivity contribution is -0.129. The third-order valence-corrected chi connectivity index (χ3v) is 3.48. The standard InChI is InChI=1S/C11H17N5O2/c12-18-10(7-1-2-7)11(17)15-9-3-4-14-16(9)8-5-13-6-8/h3-4,7-8,10,13H,1-2,5-6,12H2,(H,15,17). The van der Waals surface area contributed by atoms with Crippen LogP contribution in [0.5, 0.6) is 0 Å². The Hall–Kier alpha value is -1.44. The van der Waals surface area contributed by atoms with Crippen molar-refractivity contribution in [3.63, 3.8) is 0 Å². The highest BCUT2D eigenvalue weighted by Gasteiger charge is 2.37. The number of hydrogen-bond acceptors (Lipinski definition) is 5. The average Bonchev–Trinajstić information content (AvgIpc) is 3.01. The van der Waals surface area contributed by atoms with Crippen molar-refractivity contribution >= 4 is 11.7 Å². The van der Waals surface area contributed by atoms with E-state index in [2.05, 4.69) is 15.7 Å². The zero-order chi connectivity index (χ0) is 12.5. The highest BCUT2D eigenvalue weighted by molar-refractivity contribution is 5.93.